The molecule has 0 aromatic heterocycles. The van der Waals surface area contributed by atoms with Gasteiger partial charge >= 0.3 is 0 Å². The van der Waals surface area contributed by atoms with E-state index in [1.807, 2.05) is 0 Å². The third-order valence-corrected chi connectivity index (χ3v) is 3.73. The first-order chi connectivity index (χ1) is 7.21. The minimum absolute atomic E-state index is 0. The molecule has 4 heteroatoms. The molecular weight excluding hydrogens is 224 g/mol. The van der Waals surface area contributed by atoms with Crippen LogP contribution < -0.4 is 11.1 Å². The molecule has 0 atom stereocenters. The number of hydrogen-bond acceptors (Lipinski definition) is 2. The molecule has 0 aliphatic heterocycles. The van der Waals surface area contributed by atoms with E-state index in [0.29, 0.717) is 0 Å². The predicted molar refractivity (Wildman–Crippen MR) is 67.6 cm³/mol. The summed E-state index contributed by atoms with van der Waals surface area (Å²) in [5.41, 5.74) is 5.57. The third kappa shape index (κ3) is 3.63. The minimum Gasteiger partial charge on any atom is -0.354 e. The first kappa shape index (κ1) is 13.8. The van der Waals surface area contributed by atoms with Crippen molar-refractivity contribution in [2.24, 2.45) is 11.7 Å². The molecule has 0 bridgehead atoms. The normalized spacial score (nSPS) is 23.3. The van der Waals surface area contributed by atoms with E-state index in [2.05, 4.69) is 5.32 Å². The summed E-state index contributed by atoms with van der Waals surface area (Å²) in [5.74, 6) is 0.966. The summed E-state index contributed by atoms with van der Waals surface area (Å²) in [4.78, 5) is 11.9. The Kier molecular flexibility index (Phi) is 5.06. The Balaban J connectivity index is 0.00000128. The van der Waals surface area contributed by atoms with E-state index in [1.54, 1.807) is 0 Å². The number of amides is 1. The molecule has 0 heterocycles. The molecule has 2 aliphatic rings. The highest BCUT2D eigenvalue weighted by atomic mass is 35.5. The van der Waals surface area contributed by atoms with Crippen molar-refractivity contribution < 1.29 is 4.79 Å². The summed E-state index contributed by atoms with van der Waals surface area (Å²) in [6.07, 6.45) is 9.01. The van der Waals surface area contributed by atoms with E-state index in [0.717, 1.165) is 44.6 Å². The lowest BCUT2D eigenvalue weighted by molar-refractivity contribution is -0.127. The van der Waals surface area contributed by atoms with Gasteiger partial charge in [0.2, 0.25) is 5.91 Å². The van der Waals surface area contributed by atoms with Crippen molar-refractivity contribution in [1.82, 2.24) is 5.32 Å². The summed E-state index contributed by atoms with van der Waals surface area (Å²) in [6, 6.07) is 0. The zero-order valence-corrected chi connectivity index (χ0v) is 10.7. The summed E-state index contributed by atoms with van der Waals surface area (Å²) in [5, 5.41) is 3.00. The van der Waals surface area contributed by atoms with Crippen molar-refractivity contribution in [1.29, 1.82) is 0 Å². The fraction of sp³-hybridized carbons (Fsp3) is 0.917. The van der Waals surface area contributed by atoms with Crippen molar-refractivity contribution in [3.05, 3.63) is 0 Å². The largest absolute Gasteiger partial charge is 0.354 e. The van der Waals surface area contributed by atoms with Crippen molar-refractivity contribution in [3.8, 4) is 0 Å². The van der Waals surface area contributed by atoms with Crippen LogP contribution in [0.1, 0.15) is 51.4 Å². The van der Waals surface area contributed by atoms with Crippen LogP contribution in [0.25, 0.3) is 0 Å². The van der Waals surface area contributed by atoms with Gasteiger partial charge in [-0.15, -0.1) is 12.4 Å². The van der Waals surface area contributed by atoms with E-state index in [4.69, 9.17) is 5.73 Å². The SMILES string of the molecule is Cl.NC1(C(=O)NCCC2CC2)CCCCC1. The number of rotatable bonds is 4. The highest BCUT2D eigenvalue weighted by Gasteiger charge is 2.35. The summed E-state index contributed by atoms with van der Waals surface area (Å²) >= 11 is 0. The minimum atomic E-state index is -0.554. The first-order valence-corrected chi connectivity index (χ1v) is 6.28. The Morgan fingerprint density at radius 1 is 1.25 bits per heavy atom. The Labute approximate surface area is 104 Å². The van der Waals surface area contributed by atoms with E-state index in [9.17, 15) is 4.79 Å². The summed E-state index contributed by atoms with van der Waals surface area (Å²) < 4.78 is 0. The molecule has 3 nitrogen and oxygen atoms in total. The standard InChI is InChI=1S/C12H22N2O.ClH/c13-12(7-2-1-3-8-12)11(15)14-9-6-10-4-5-10;/h10H,1-9,13H2,(H,14,15);1H. The van der Waals surface area contributed by atoms with Crippen LogP contribution in [-0.4, -0.2) is 18.0 Å². The third-order valence-electron chi connectivity index (χ3n) is 3.73. The second-order valence-electron chi connectivity index (χ2n) is 5.20. The van der Waals surface area contributed by atoms with E-state index >= 15 is 0 Å². The van der Waals surface area contributed by atoms with E-state index < -0.39 is 5.54 Å². The van der Waals surface area contributed by atoms with Crippen LogP contribution in [0.3, 0.4) is 0 Å². The number of hydrogen-bond donors (Lipinski definition) is 2. The first-order valence-electron chi connectivity index (χ1n) is 6.28. The predicted octanol–water partition coefficient (Wildman–Crippen LogP) is 1.99. The number of carbonyl (C=O) groups excluding carboxylic acids is 1. The number of nitrogens with one attached hydrogen (secondary N) is 1. The Hall–Kier alpha value is -0.280. The fourth-order valence-corrected chi connectivity index (χ4v) is 2.38. The van der Waals surface area contributed by atoms with Crippen LogP contribution in [0.15, 0.2) is 0 Å². The van der Waals surface area contributed by atoms with Gasteiger partial charge in [0.15, 0.2) is 0 Å². The second kappa shape index (κ2) is 5.87. The molecule has 3 N–H and O–H groups in total. The molecule has 0 saturated heterocycles. The van der Waals surface area contributed by atoms with Gasteiger partial charge in [0.05, 0.1) is 5.54 Å². The van der Waals surface area contributed by atoms with Crippen molar-refractivity contribution >= 4 is 18.3 Å². The molecular formula is C12H23ClN2O. The smallest absolute Gasteiger partial charge is 0.240 e. The molecule has 0 unspecified atom stereocenters. The van der Waals surface area contributed by atoms with Crippen LogP contribution >= 0.6 is 12.4 Å². The van der Waals surface area contributed by atoms with E-state index in [-0.39, 0.29) is 18.3 Å². The molecule has 2 aliphatic carbocycles. The zero-order chi connectivity index (χ0) is 10.7. The molecule has 16 heavy (non-hydrogen) atoms. The lowest BCUT2D eigenvalue weighted by Gasteiger charge is -2.31. The topological polar surface area (TPSA) is 55.1 Å². The molecule has 2 rings (SSSR count). The monoisotopic (exact) mass is 246 g/mol. The molecule has 0 spiro atoms. The maximum atomic E-state index is 11.9. The van der Waals surface area contributed by atoms with Crippen LogP contribution in [0.2, 0.25) is 0 Å². The van der Waals surface area contributed by atoms with Gasteiger partial charge < -0.3 is 11.1 Å². The molecule has 94 valence electrons. The Morgan fingerprint density at radius 2 is 1.88 bits per heavy atom. The summed E-state index contributed by atoms with van der Waals surface area (Å²) in [7, 11) is 0. The quantitative estimate of drug-likeness (QED) is 0.797. The fourth-order valence-electron chi connectivity index (χ4n) is 2.38. The lowest BCUT2D eigenvalue weighted by atomic mass is 9.82. The van der Waals surface area contributed by atoms with Gasteiger partial charge in [-0.25, -0.2) is 0 Å². The van der Waals surface area contributed by atoms with Gasteiger partial charge in [-0.05, 0) is 25.2 Å². The number of halogens is 1. The van der Waals surface area contributed by atoms with Gasteiger partial charge in [0, 0.05) is 6.54 Å². The maximum absolute atomic E-state index is 11.9. The van der Waals surface area contributed by atoms with Gasteiger partial charge in [-0.3, -0.25) is 4.79 Å². The van der Waals surface area contributed by atoms with Crippen molar-refractivity contribution in [2.75, 3.05) is 6.54 Å². The van der Waals surface area contributed by atoms with Crippen LogP contribution in [0.5, 0.6) is 0 Å². The highest BCUT2D eigenvalue weighted by Crippen LogP contribution is 2.32. The zero-order valence-electron chi connectivity index (χ0n) is 9.84. The Morgan fingerprint density at radius 3 is 2.44 bits per heavy atom. The molecule has 0 radical (unpaired) electrons. The molecule has 0 aromatic carbocycles. The van der Waals surface area contributed by atoms with Gasteiger partial charge in [0.25, 0.3) is 0 Å². The van der Waals surface area contributed by atoms with Gasteiger partial charge in [-0.1, -0.05) is 32.1 Å². The average molecular weight is 247 g/mol. The second-order valence-corrected chi connectivity index (χ2v) is 5.20. The molecule has 1 amide bonds. The molecule has 0 aromatic rings. The van der Waals surface area contributed by atoms with E-state index in [1.165, 1.54) is 19.3 Å². The van der Waals surface area contributed by atoms with Crippen LogP contribution in [0, 0.1) is 5.92 Å². The highest BCUT2D eigenvalue weighted by molar-refractivity contribution is 5.86. The summed E-state index contributed by atoms with van der Waals surface area (Å²) in [6.45, 7) is 0.822. The molecule has 2 fully saturated rings. The lowest BCUT2D eigenvalue weighted by Crippen LogP contribution is -2.55. The van der Waals surface area contributed by atoms with Crippen LogP contribution in [0.4, 0.5) is 0 Å². The Bertz CT molecular complexity index is 235. The number of carbonyl (C=O) groups is 1. The van der Waals surface area contributed by atoms with Crippen LogP contribution in [-0.2, 0) is 4.79 Å². The maximum Gasteiger partial charge on any atom is 0.240 e. The average Bonchev–Trinajstić information content (AvgIpc) is 3.03. The van der Waals surface area contributed by atoms with Gasteiger partial charge in [0.1, 0.15) is 0 Å². The van der Waals surface area contributed by atoms with Crippen molar-refractivity contribution in [3.63, 3.8) is 0 Å². The molecule has 2 saturated carbocycles. The van der Waals surface area contributed by atoms with Gasteiger partial charge in [-0.2, -0.15) is 0 Å². The van der Waals surface area contributed by atoms with Crippen molar-refractivity contribution in [2.45, 2.75) is 56.9 Å². The number of nitrogens with two attached hydrogens (primary N) is 1.